The van der Waals surface area contributed by atoms with Crippen molar-refractivity contribution in [2.45, 2.75) is 22.8 Å². The van der Waals surface area contributed by atoms with Crippen LogP contribution in [0, 0.1) is 0 Å². The standard InChI is InChI=1S/C16H20N2O5S2/c1-12(13-4-8-15(9-5-13)24(17,19)20)18(2)25(21,22)16-10-6-14(23-3)7-11-16/h4-12H,1-3H3,(H2,17,19,20). The van der Waals surface area contributed by atoms with Crippen LogP contribution >= 0.6 is 0 Å². The maximum absolute atomic E-state index is 12.7. The average Bonchev–Trinajstić information content (AvgIpc) is 2.59. The summed E-state index contributed by atoms with van der Waals surface area (Å²) in [5.74, 6) is 0.563. The van der Waals surface area contributed by atoms with E-state index in [0.717, 1.165) is 0 Å². The first-order valence-corrected chi connectivity index (χ1v) is 10.3. The van der Waals surface area contributed by atoms with Crippen LogP contribution in [0.15, 0.2) is 58.3 Å². The summed E-state index contributed by atoms with van der Waals surface area (Å²) >= 11 is 0. The number of primary sulfonamides is 1. The topological polar surface area (TPSA) is 107 Å². The molecule has 0 saturated carbocycles. The summed E-state index contributed by atoms with van der Waals surface area (Å²) in [6.07, 6.45) is 0. The van der Waals surface area contributed by atoms with E-state index in [1.54, 1.807) is 31.2 Å². The monoisotopic (exact) mass is 384 g/mol. The van der Waals surface area contributed by atoms with Crippen molar-refractivity contribution < 1.29 is 21.6 Å². The Hall–Kier alpha value is -1.94. The van der Waals surface area contributed by atoms with Gasteiger partial charge in [0, 0.05) is 13.1 Å². The SMILES string of the molecule is COc1ccc(S(=O)(=O)N(C)C(C)c2ccc(S(N)(=O)=O)cc2)cc1. The van der Waals surface area contributed by atoms with Gasteiger partial charge in [-0.1, -0.05) is 12.1 Å². The van der Waals surface area contributed by atoms with Crippen LogP contribution in [-0.2, 0) is 20.0 Å². The molecular formula is C16H20N2O5S2. The van der Waals surface area contributed by atoms with E-state index in [4.69, 9.17) is 9.88 Å². The predicted octanol–water partition coefficient (Wildman–Crippen LogP) is 1.72. The zero-order valence-electron chi connectivity index (χ0n) is 14.1. The number of methoxy groups -OCH3 is 1. The molecule has 0 spiro atoms. The van der Waals surface area contributed by atoms with Crippen LogP contribution in [0.3, 0.4) is 0 Å². The van der Waals surface area contributed by atoms with E-state index >= 15 is 0 Å². The second-order valence-electron chi connectivity index (χ2n) is 5.49. The van der Waals surface area contributed by atoms with Crippen LogP contribution in [-0.4, -0.2) is 35.3 Å². The van der Waals surface area contributed by atoms with Crippen LogP contribution in [0.4, 0.5) is 0 Å². The van der Waals surface area contributed by atoms with E-state index in [1.807, 2.05) is 0 Å². The summed E-state index contributed by atoms with van der Waals surface area (Å²) in [5.41, 5.74) is 0.645. The van der Waals surface area contributed by atoms with Gasteiger partial charge in [0.2, 0.25) is 20.0 Å². The predicted molar refractivity (Wildman–Crippen MR) is 94.2 cm³/mol. The number of hydrogen-bond acceptors (Lipinski definition) is 5. The Morgan fingerprint density at radius 2 is 1.40 bits per heavy atom. The Balaban J connectivity index is 2.29. The maximum atomic E-state index is 12.7. The average molecular weight is 384 g/mol. The number of ether oxygens (including phenoxy) is 1. The molecular weight excluding hydrogens is 364 g/mol. The van der Waals surface area contributed by atoms with Crippen LogP contribution < -0.4 is 9.88 Å². The Bertz CT molecular complexity index is 937. The van der Waals surface area contributed by atoms with E-state index in [1.165, 1.54) is 42.7 Å². The molecule has 0 aromatic heterocycles. The minimum Gasteiger partial charge on any atom is -0.497 e. The fourth-order valence-electron chi connectivity index (χ4n) is 2.27. The van der Waals surface area contributed by atoms with E-state index in [2.05, 4.69) is 0 Å². The Kier molecular flexibility index (Phi) is 5.52. The molecule has 9 heteroatoms. The van der Waals surface area contributed by atoms with Crippen LogP contribution in [0.1, 0.15) is 18.5 Å². The fraction of sp³-hybridized carbons (Fsp3) is 0.250. The highest BCUT2D eigenvalue weighted by molar-refractivity contribution is 7.89. The molecule has 25 heavy (non-hydrogen) atoms. The van der Waals surface area contributed by atoms with Gasteiger partial charge in [-0.3, -0.25) is 0 Å². The molecule has 136 valence electrons. The van der Waals surface area contributed by atoms with Gasteiger partial charge in [0.15, 0.2) is 0 Å². The van der Waals surface area contributed by atoms with Crippen molar-refractivity contribution in [3.05, 3.63) is 54.1 Å². The third kappa shape index (κ3) is 4.18. The van der Waals surface area contributed by atoms with Gasteiger partial charge in [-0.2, -0.15) is 4.31 Å². The number of benzene rings is 2. The highest BCUT2D eigenvalue weighted by atomic mass is 32.2. The molecule has 0 saturated heterocycles. The number of sulfonamides is 2. The minimum atomic E-state index is -3.79. The number of nitrogens with two attached hydrogens (primary N) is 1. The molecule has 0 amide bonds. The number of rotatable bonds is 6. The first-order chi connectivity index (χ1) is 11.6. The van der Waals surface area contributed by atoms with Crippen molar-refractivity contribution in [2.75, 3.05) is 14.2 Å². The van der Waals surface area contributed by atoms with Gasteiger partial charge in [0.1, 0.15) is 5.75 Å². The Morgan fingerprint density at radius 1 is 0.920 bits per heavy atom. The van der Waals surface area contributed by atoms with E-state index < -0.39 is 26.1 Å². The minimum absolute atomic E-state index is 0.0240. The summed E-state index contributed by atoms with van der Waals surface area (Å²) in [4.78, 5) is 0.118. The van der Waals surface area contributed by atoms with E-state index in [9.17, 15) is 16.8 Å². The molecule has 1 atom stereocenters. The molecule has 0 heterocycles. The summed E-state index contributed by atoms with van der Waals surface area (Å²) < 4.78 is 54.3. The number of nitrogens with zero attached hydrogens (tertiary/aromatic N) is 1. The summed E-state index contributed by atoms with van der Waals surface area (Å²) in [5, 5.41) is 5.07. The van der Waals surface area contributed by atoms with Crippen molar-refractivity contribution in [3.63, 3.8) is 0 Å². The molecule has 2 aromatic carbocycles. The maximum Gasteiger partial charge on any atom is 0.243 e. The molecule has 0 aliphatic heterocycles. The number of hydrogen-bond donors (Lipinski definition) is 1. The van der Waals surface area contributed by atoms with Gasteiger partial charge < -0.3 is 4.74 Å². The molecule has 7 nitrogen and oxygen atoms in total. The Labute approximate surface area is 148 Å². The van der Waals surface area contributed by atoms with Gasteiger partial charge in [-0.05, 0) is 48.9 Å². The van der Waals surface area contributed by atoms with E-state index in [0.29, 0.717) is 11.3 Å². The van der Waals surface area contributed by atoms with Gasteiger partial charge in [-0.15, -0.1) is 0 Å². The van der Waals surface area contributed by atoms with Crippen molar-refractivity contribution in [1.29, 1.82) is 0 Å². The molecule has 0 aliphatic carbocycles. The van der Waals surface area contributed by atoms with Gasteiger partial charge in [0.25, 0.3) is 0 Å². The van der Waals surface area contributed by atoms with Crippen molar-refractivity contribution >= 4 is 20.0 Å². The van der Waals surface area contributed by atoms with E-state index in [-0.39, 0.29) is 9.79 Å². The third-order valence-electron chi connectivity index (χ3n) is 3.97. The van der Waals surface area contributed by atoms with Gasteiger partial charge >= 0.3 is 0 Å². The summed E-state index contributed by atoms with van der Waals surface area (Å²) in [6.45, 7) is 1.72. The second-order valence-corrected chi connectivity index (χ2v) is 9.05. The van der Waals surface area contributed by atoms with Crippen molar-refractivity contribution in [2.24, 2.45) is 5.14 Å². The van der Waals surface area contributed by atoms with Crippen LogP contribution in [0.25, 0.3) is 0 Å². The lowest BCUT2D eigenvalue weighted by Crippen LogP contribution is -2.29. The molecule has 2 rings (SSSR count). The van der Waals surface area contributed by atoms with Crippen LogP contribution in [0.2, 0.25) is 0 Å². The molecule has 0 radical (unpaired) electrons. The zero-order valence-corrected chi connectivity index (χ0v) is 15.7. The fourth-order valence-corrected chi connectivity index (χ4v) is 4.13. The lowest BCUT2D eigenvalue weighted by Gasteiger charge is -2.25. The highest BCUT2D eigenvalue weighted by Gasteiger charge is 2.26. The smallest absolute Gasteiger partial charge is 0.243 e. The molecule has 0 bridgehead atoms. The molecule has 1 unspecified atom stereocenters. The summed E-state index contributed by atoms with van der Waals surface area (Å²) in [6, 6.07) is 11.4. The highest BCUT2D eigenvalue weighted by Crippen LogP contribution is 2.27. The zero-order chi connectivity index (χ0) is 18.8. The first kappa shape index (κ1) is 19.4. The lowest BCUT2D eigenvalue weighted by atomic mass is 10.1. The quantitative estimate of drug-likeness (QED) is 0.816. The lowest BCUT2D eigenvalue weighted by molar-refractivity contribution is 0.397. The van der Waals surface area contributed by atoms with Gasteiger partial charge in [-0.25, -0.2) is 22.0 Å². The van der Waals surface area contributed by atoms with Gasteiger partial charge in [0.05, 0.1) is 16.9 Å². The Morgan fingerprint density at radius 3 is 1.84 bits per heavy atom. The molecule has 0 fully saturated rings. The van der Waals surface area contributed by atoms with Crippen molar-refractivity contribution in [3.8, 4) is 5.75 Å². The normalized spacial score (nSPS) is 13.6. The van der Waals surface area contributed by atoms with Crippen molar-refractivity contribution in [1.82, 2.24) is 4.31 Å². The van der Waals surface area contributed by atoms with Crippen LogP contribution in [0.5, 0.6) is 5.75 Å². The molecule has 2 N–H and O–H groups in total. The first-order valence-electron chi connectivity index (χ1n) is 7.32. The molecule has 0 aliphatic rings. The summed E-state index contributed by atoms with van der Waals surface area (Å²) in [7, 11) is -4.53. The third-order valence-corrected chi connectivity index (χ3v) is 6.84. The molecule has 2 aromatic rings. The second kappa shape index (κ2) is 7.12. The largest absolute Gasteiger partial charge is 0.497 e.